The predicted octanol–water partition coefficient (Wildman–Crippen LogP) is 4.62. The molecule has 3 rings (SSSR count). The third kappa shape index (κ3) is 8.72. The normalized spacial score (nSPS) is 11.2. The number of nitrogens with one attached hydrogen (secondary N) is 3. The molecule has 0 aliphatic carbocycles. The van der Waals surface area contributed by atoms with Crippen molar-refractivity contribution in [3.8, 4) is 0 Å². The molecule has 0 bridgehead atoms. The van der Waals surface area contributed by atoms with Gasteiger partial charge in [-0.1, -0.05) is 80.6 Å². The Balaban J connectivity index is 0.00000235. The molecular formula is C30H35N3O4. The van der Waals surface area contributed by atoms with Crippen LogP contribution in [-0.4, -0.2) is 30.0 Å². The second-order valence-electron chi connectivity index (χ2n) is 8.16. The maximum absolute atomic E-state index is 13.1. The molecule has 3 aromatic carbocycles. The summed E-state index contributed by atoms with van der Waals surface area (Å²) in [6.45, 7) is 7.63. The molecule has 0 radical (unpaired) electrons. The van der Waals surface area contributed by atoms with Crippen LogP contribution in [0.4, 0.5) is 0 Å². The largest absolute Gasteiger partial charge is 0.348 e. The number of fused-ring (bicyclic) bond motifs is 1. The van der Waals surface area contributed by atoms with Crippen LogP contribution in [0.2, 0.25) is 0 Å². The molecule has 0 spiro atoms. The average Bonchev–Trinajstić information content (AvgIpc) is 2.92. The minimum absolute atomic E-state index is 0.0305. The van der Waals surface area contributed by atoms with E-state index in [0.717, 1.165) is 16.3 Å². The Hall–Kier alpha value is -4.26. The fourth-order valence-corrected chi connectivity index (χ4v) is 3.73. The van der Waals surface area contributed by atoms with Crippen LogP contribution in [0.3, 0.4) is 0 Å². The van der Waals surface area contributed by atoms with E-state index in [1.807, 2.05) is 63.2 Å². The lowest BCUT2D eigenvalue weighted by Gasteiger charge is -2.18. The van der Waals surface area contributed by atoms with E-state index in [2.05, 4.69) is 16.0 Å². The molecule has 0 aliphatic rings. The lowest BCUT2D eigenvalue weighted by atomic mass is 9.99. The van der Waals surface area contributed by atoms with Gasteiger partial charge in [-0.25, -0.2) is 0 Å². The second kappa shape index (κ2) is 15.0. The van der Waals surface area contributed by atoms with Crippen molar-refractivity contribution >= 4 is 34.3 Å². The van der Waals surface area contributed by atoms with E-state index in [1.165, 1.54) is 13.0 Å². The highest BCUT2D eigenvalue weighted by molar-refractivity contribution is 6.35. The molecule has 7 nitrogen and oxygen atoms in total. The Labute approximate surface area is 218 Å². The van der Waals surface area contributed by atoms with Crippen molar-refractivity contribution in [2.75, 3.05) is 6.54 Å². The predicted molar refractivity (Wildman–Crippen MR) is 147 cm³/mol. The number of carbonyl (C=O) groups excluding carboxylic acids is 4. The lowest BCUT2D eigenvalue weighted by molar-refractivity contribution is -0.139. The van der Waals surface area contributed by atoms with E-state index in [9.17, 15) is 19.2 Å². The maximum Gasteiger partial charge on any atom is 0.309 e. The summed E-state index contributed by atoms with van der Waals surface area (Å²) in [5, 5.41) is 10.3. The van der Waals surface area contributed by atoms with Crippen molar-refractivity contribution in [3.63, 3.8) is 0 Å². The van der Waals surface area contributed by atoms with E-state index < -0.39 is 11.8 Å². The molecule has 0 saturated heterocycles. The van der Waals surface area contributed by atoms with Crippen LogP contribution in [-0.2, 0) is 20.9 Å². The van der Waals surface area contributed by atoms with Crippen LogP contribution in [0.25, 0.3) is 10.8 Å². The van der Waals surface area contributed by atoms with Crippen LogP contribution in [0.5, 0.6) is 0 Å². The molecule has 3 N–H and O–H groups in total. The quantitative estimate of drug-likeness (QED) is 0.226. The smallest absolute Gasteiger partial charge is 0.309 e. The van der Waals surface area contributed by atoms with Gasteiger partial charge in [0.05, 0.1) is 6.04 Å². The highest BCUT2D eigenvalue weighted by Crippen LogP contribution is 2.24. The Morgan fingerprint density at radius 1 is 0.838 bits per heavy atom. The van der Waals surface area contributed by atoms with Crippen molar-refractivity contribution in [2.45, 2.75) is 46.7 Å². The third-order valence-electron chi connectivity index (χ3n) is 5.49. The van der Waals surface area contributed by atoms with Crippen LogP contribution >= 0.6 is 0 Å². The molecular weight excluding hydrogens is 466 g/mol. The number of hydrogen-bond donors (Lipinski definition) is 3. The number of hydrogen-bond acceptors (Lipinski definition) is 4. The maximum atomic E-state index is 13.1. The number of carbonyl (C=O) groups is 4. The van der Waals surface area contributed by atoms with E-state index in [4.69, 9.17) is 0 Å². The zero-order valence-corrected chi connectivity index (χ0v) is 21.8. The van der Waals surface area contributed by atoms with Crippen LogP contribution < -0.4 is 16.0 Å². The van der Waals surface area contributed by atoms with Gasteiger partial charge in [0.25, 0.3) is 5.91 Å². The second-order valence-corrected chi connectivity index (χ2v) is 8.16. The molecule has 0 fully saturated rings. The van der Waals surface area contributed by atoms with Crippen LogP contribution in [0.1, 0.15) is 61.6 Å². The molecule has 0 aromatic heterocycles. The summed E-state index contributed by atoms with van der Waals surface area (Å²) >= 11 is 0. The van der Waals surface area contributed by atoms with Gasteiger partial charge in [-0.2, -0.15) is 0 Å². The SMILES string of the molecule is CC.CC(=O)/C=C/CCNC(=O)C(=O)NCc1ccccc1C(=O)NC(C)c1cccc2ccccc12. The summed E-state index contributed by atoms with van der Waals surface area (Å²) in [5.41, 5.74) is 2.03. The molecule has 0 heterocycles. The highest BCUT2D eigenvalue weighted by Gasteiger charge is 2.18. The van der Waals surface area contributed by atoms with E-state index in [0.29, 0.717) is 17.5 Å². The van der Waals surface area contributed by atoms with Gasteiger partial charge in [0.1, 0.15) is 0 Å². The zero-order chi connectivity index (χ0) is 27.2. The first-order chi connectivity index (χ1) is 17.9. The van der Waals surface area contributed by atoms with Gasteiger partial charge in [0, 0.05) is 18.7 Å². The van der Waals surface area contributed by atoms with Gasteiger partial charge in [-0.05, 0) is 54.3 Å². The Bertz CT molecular complexity index is 1260. The zero-order valence-electron chi connectivity index (χ0n) is 21.8. The summed E-state index contributed by atoms with van der Waals surface area (Å²) in [4.78, 5) is 48.1. The summed E-state index contributed by atoms with van der Waals surface area (Å²) in [6, 6.07) is 20.7. The monoisotopic (exact) mass is 501 g/mol. The molecule has 0 aliphatic heterocycles. The van der Waals surface area contributed by atoms with Crippen molar-refractivity contribution in [2.24, 2.45) is 0 Å². The van der Waals surface area contributed by atoms with Gasteiger partial charge < -0.3 is 16.0 Å². The number of allylic oxidation sites excluding steroid dienone is 1. The Morgan fingerprint density at radius 3 is 2.24 bits per heavy atom. The van der Waals surface area contributed by atoms with Crippen molar-refractivity contribution < 1.29 is 19.2 Å². The van der Waals surface area contributed by atoms with E-state index in [-0.39, 0.29) is 30.8 Å². The fourth-order valence-electron chi connectivity index (χ4n) is 3.73. The molecule has 37 heavy (non-hydrogen) atoms. The van der Waals surface area contributed by atoms with Crippen LogP contribution in [0.15, 0.2) is 78.9 Å². The van der Waals surface area contributed by atoms with Gasteiger partial charge in [-0.15, -0.1) is 0 Å². The average molecular weight is 502 g/mol. The van der Waals surface area contributed by atoms with Crippen molar-refractivity contribution in [1.29, 1.82) is 0 Å². The molecule has 194 valence electrons. The van der Waals surface area contributed by atoms with Gasteiger partial charge in [0.2, 0.25) is 0 Å². The van der Waals surface area contributed by atoms with E-state index >= 15 is 0 Å². The molecule has 7 heteroatoms. The number of benzene rings is 3. The standard InChI is InChI=1S/C28H29N3O4.C2H6/c1-19(32)10-7-8-17-29-27(34)28(35)30-18-22-12-4-6-15-25(22)26(33)31-20(2)23-16-9-13-21-11-3-5-14-24(21)23;1-2/h3-7,9-16,20H,8,17-18H2,1-2H3,(H,29,34)(H,30,35)(H,31,33);1-2H3/b10-7+;. The fraction of sp³-hybridized carbons (Fsp3) is 0.267. The third-order valence-corrected chi connectivity index (χ3v) is 5.49. The molecule has 3 amide bonds. The van der Waals surface area contributed by atoms with Gasteiger partial charge in [0.15, 0.2) is 5.78 Å². The number of rotatable bonds is 9. The van der Waals surface area contributed by atoms with Gasteiger partial charge >= 0.3 is 11.8 Å². The first-order valence-electron chi connectivity index (χ1n) is 12.5. The summed E-state index contributed by atoms with van der Waals surface area (Å²) in [6.07, 6.45) is 3.49. The minimum atomic E-state index is -0.792. The first-order valence-corrected chi connectivity index (χ1v) is 12.5. The topological polar surface area (TPSA) is 104 Å². The van der Waals surface area contributed by atoms with E-state index in [1.54, 1.807) is 30.3 Å². The Kier molecular flexibility index (Phi) is 11.7. The van der Waals surface area contributed by atoms with Gasteiger partial charge in [-0.3, -0.25) is 19.2 Å². The molecule has 1 atom stereocenters. The molecule has 3 aromatic rings. The van der Waals surface area contributed by atoms with Crippen LogP contribution in [0, 0.1) is 0 Å². The minimum Gasteiger partial charge on any atom is -0.348 e. The molecule has 0 saturated carbocycles. The number of ketones is 1. The highest BCUT2D eigenvalue weighted by atomic mass is 16.2. The lowest BCUT2D eigenvalue weighted by Crippen LogP contribution is -2.40. The molecule has 1 unspecified atom stereocenters. The Morgan fingerprint density at radius 2 is 1.49 bits per heavy atom. The summed E-state index contributed by atoms with van der Waals surface area (Å²) in [7, 11) is 0. The summed E-state index contributed by atoms with van der Waals surface area (Å²) < 4.78 is 0. The summed E-state index contributed by atoms with van der Waals surface area (Å²) in [5.74, 6) is -1.91. The van der Waals surface area contributed by atoms with Crippen molar-refractivity contribution in [3.05, 3.63) is 95.6 Å². The number of amides is 3. The first kappa shape index (κ1) is 29.0. The van der Waals surface area contributed by atoms with Crippen molar-refractivity contribution in [1.82, 2.24) is 16.0 Å².